The van der Waals surface area contributed by atoms with Crippen LogP contribution in [0, 0.1) is 5.92 Å². The first-order valence-corrected chi connectivity index (χ1v) is 6.48. The molecule has 2 rings (SSSR count). The molecule has 1 unspecified atom stereocenters. The van der Waals surface area contributed by atoms with Crippen molar-refractivity contribution in [2.75, 3.05) is 19.6 Å². The number of hydrogen-bond donors (Lipinski definition) is 1. The van der Waals surface area contributed by atoms with Gasteiger partial charge in [-0.05, 0) is 5.92 Å². The monoisotopic (exact) mass is 225 g/mol. The highest BCUT2D eigenvalue weighted by molar-refractivity contribution is 7.09. The van der Waals surface area contributed by atoms with E-state index >= 15 is 0 Å². The number of piperazine rings is 1. The zero-order chi connectivity index (χ0) is 10.7. The summed E-state index contributed by atoms with van der Waals surface area (Å²) in [5.74, 6) is 0.706. The van der Waals surface area contributed by atoms with Crippen LogP contribution < -0.4 is 5.32 Å². The maximum absolute atomic E-state index is 4.36. The first kappa shape index (κ1) is 11.0. The third-order valence-corrected chi connectivity index (χ3v) is 3.75. The van der Waals surface area contributed by atoms with E-state index < -0.39 is 0 Å². The Bertz CT molecular complexity index is 284. The van der Waals surface area contributed by atoms with Gasteiger partial charge in [0.05, 0.1) is 6.54 Å². The van der Waals surface area contributed by atoms with Crippen LogP contribution in [-0.4, -0.2) is 35.6 Å². The Kier molecular flexibility index (Phi) is 3.72. The fourth-order valence-electron chi connectivity index (χ4n) is 2.13. The zero-order valence-electron chi connectivity index (χ0n) is 9.44. The smallest absolute Gasteiger partial charge is 0.107 e. The molecule has 0 radical (unpaired) electrons. The van der Waals surface area contributed by atoms with Gasteiger partial charge in [-0.3, -0.25) is 4.90 Å². The Morgan fingerprint density at radius 3 is 3.20 bits per heavy atom. The van der Waals surface area contributed by atoms with Crippen LogP contribution >= 0.6 is 11.3 Å². The van der Waals surface area contributed by atoms with Gasteiger partial charge in [0.25, 0.3) is 0 Å². The van der Waals surface area contributed by atoms with Crippen LogP contribution in [0.5, 0.6) is 0 Å². The number of aromatic nitrogens is 1. The van der Waals surface area contributed by atoms with E-state index in [0.717, 1.165) is 26.2 Å². The molecule has 0 aliphatic carbocycles. The van der Waals surface area contributed by atoms with E-state index in [4.69, 9.17) is 0 Å². The van der Waals surface area contributed by atoms with Crippen LogP contribution in [0.4, 0.5) is 0 Å². The summed E-state index contributed by atoms with van der Waals surface area (Å²) in [6.45, 7) is 8.97. The van der Waals surface area contributed by atoms with Gasteiger partial charge < -0.3 is 5.32 Å². The molecule has 1 fully saturated rings. The molecule has 1 saturated heterocycles. The minimum atomic E-state index is 0.655. The van der Waals surface area contributed by atoms with Crippen molar-refractivity contribution >= 4 is 11.3 Å². The number of nitrogens with one attached hydrogen (secondary N) is 1. The fourth-order valence-corrected chi connectivity index (χ4v) is 2.77. The molecule has 0 spiro atoms. The lowest BCUT2D eigenvalue weighted by molar-refractivity contribution is 0.117. The molecule has 2 heterocycles. The maximum atomic E-state index is 4.36. The van der Waals surface area contributed by atoms with Gasteiger partial charge in [0.1, 0.15) is 5.01 Å². The summed E-state index contributed by atoms with van der Waals surface area (Å²) >= 11 is 1.76. The molecular weight excluding hydrogens is 206 g/mol. The molecular formula is C11H19N3S. The van der Waals surface area contributed by atoms with E-state index in [1.165, 1.54) is 5.01 Å². The van der Waals surface area contributed by atoms with Gasteiger partial charge in [-0.15, -0.1) is 11.3 Å². The Labute approximate surface area is 95.5 Å². The van der Waals surface area contributed by atoms with Gasteiger partial charge in [-0.2, -0.15) is 0 Å². The van der Waals surface area contributed by atoms with Crippen molar-refractivity contribution < 1.29 is 0 Å². The van der Waals surface area contributed by atoms with Crippen LogP contribution in [0.25, 0.3) is 0 Å². The third-order valence-electron chi connectivity index (χ3n) is 2.99. The molecule has 3 nitrogen and oxygen atoms in total. The van der Waals surface area contributed by atoms with E-state index in [1.54, 1.807) is 11.3 Å². The highest BCUT2D eigenvalue weighted by Gasteiger charge is 2.25. The van der Waals surface area contributed by atoms with Crippen molar-refractivity contribution in [2.24, 2.45) is 5.92 Å². The summed E-state index contributed by atoms with van der Waals surface area (Å²) in [5, 5.41) is 6.76. The van der Waals surface area contributed by atoms with E-state index in [1.807, 2.05) is 6.20 Å². The predicted octanol–water partition coefficient (Wildman–Crippen LogP) is 1.57. The van der Waals surface area contributed by atoms with Gasteiger partial charge in [0.2, 0.25) is 0 Å². The summed E-state index contributed by atoms with van der Waals surface area (Å²) in [7, 11) is 0. The second kappa shape index (κ2) is 5.05. The van der Waals surface area contributed by atoms with Crippen LogP contribution in [0.15, 0.2) is 11.6 Å². The summed E-state index contributed by atoms with van der Waals surface area (Å²) in [6, 6.07) is 0.655. The SMILES string of the molecule is CC(C)C1CNCCN1Cc1nccs1. The molecule has 1 N–H and O–H groups in total. The molecule has 84 valence electrons. The number of rotatable bonds is 3. The van der Waals surface area contributed by atoms with E-state index in [2.05, 4.69) is 34.4 Å². The van der Waals surface area contributed by atoms with Crippen molar-refractivity contribution in [2.45, 2.75) is 26.4 Å². The summed E-state index contributed by atoms with van der Waals surface area (Å²) in [4.78, 5) is 6.92. The molecule has 15 heavy (non-hydrogen) atoms. The number of nitrogens with zero attached hydrogens (tertiary/aromatic N) is 2. The summed E-state index contributed by atoms with van der Waals surface area (Å²) < 4.78 is 0. The van der Waals surface area contributed by atoms with Crippen molar-refractivity contribution in [1.82, 2.24) is 15.2 Å². The van der Waals surface area contributed by atoms with Crippen molar-refractivity contribution in [3.05, 3.63) is 16.6 Å². The van der Waals surface area contributed by atoms with Crippen LogP contribution in [0.2, 0.25) is 0 Å². The number of hydrogen-bond acceptors (Lipinski definition) is 4. The average molecular weight is 225 g/mol. The Balaban J connectivity index is 1.99. The van der Waals surface area contributed by atoms with Crippen molar-refractivity contribution in [1.29, 1.82) is 0 Å². The topological polar surface area (TPSA) is 28.2 Å². The lowest BCUT2D eigenvalue weighted by atomic mass is 10.0. The molecule has 1 aliphatic rings. The van der Waals surface area contributed by atoms with E-state index in [0.29, 0.717) is 12.0 Å². The standard InChI is InChI=1S/C11H19N3S/c1-9(2)10-7-12-3-5-14(10)8-11-13-4-6-15-11/h4,6,9-10,12H,3,5,7-8H2,1-2H3. The average Bonchev–Trinajstić information content (AvgIpc) is 2.71. The first-order chi connectivity index (χ1) is 7.27. The Morgan fingerprint density at radius 2 is 2.53 bits per heavy atom. The molecule has 0 saturated carbocycles. The highest BCUT2D eigenvalue weighted by Crippen LogP contribution is 2.17. The molecule has 1 aliphatic heterocycles. The zero-order valence-corrected chi connectivity index (χ0v) is 10.3. The largest absolute Gasteiger partial charge is 0.314 e. The minimum Gasteiger partial charge on any atom is -0.314 e. The van der Waals surface area contributed by atoms with Gasteiger partial charge in [0, 0.05) is 37.3 Å². The third kappa shape index (κ3) is 2.77. The quantitative estimate of drug-likeness (QED) is 0.846. The normalized spacial score (nSPS) is 23.5. The second-order valence-electron chi connectivity index (χ2n) is 4.41. The summed E-state index contributed by atoms with van der Waals surface area (Å²) in [6.07, 6.45) is 1.90. The van der Waals surface area contributed by atoms with Gasteiger partial charge >= 0.3 is 0 Å². The molecule has 0 bridgehead atoms. The lowest BCUT2D eigenvalue weighted by Gasteiger charge is -2.38. The first-order valence-electron chi connectivity index (χ1n) is 5.60. The molecule has 4 heteroatoms. The molecule has 0 aromatic carbocycles. The molecule has 1 aromatic rings. The second-order valence-corrected chi connectivity index (χ2v) is 5.39. The molecule has 1 aromatic heterocycles. The van der Waals surface area contributed by atoms with Crippen LogP contribution in [0.1, 0.15) is 18.9 Å². The van der Waals surface area contributed by atoms with Crippen LogP contribution in [0.3, 0.4) is 0 Å². The van der Waals surface area contributed by atoms with Gasteiger partial charge in [-0.25, -0.2) is 4.98 Å². The molecule has 0 amide bonds. The van der Waals surface area contributed by atoms with Crippen LogP contribution in [-0.2, 0) is 6.54 Å². The van der Waals surface area contributed by atoms with E-state index in [-0.39, 0.29) is 0 Å². The minimum absolute atomic E-state index is 0.655. The Hall–Kier alpha value is -0.450. The summed E-state index contributed by atoms with van der Waals surface area (Å²) in [5.41, 5.74) is 0. The fraction of sp³-hybridized carbons (Fsp3) is 0.727. The van der Waals surface area contributed by atoms with E-state index in [9.17, 15) is 0 Å². The lowest BCUT2D eigenvalue weighted by Crippen LogP contribution is -2.52. The van der Waals surface area contributed by atoms with Gasteiger partial charge in [-0.1, -0.05) is 13.8 Å². The van der Waals surface area contributed by atoms with Gasteiger partial charge in [0.15, 0.2) is 0 Å². The predicted molar refractivity (Wildman–Crippen MR) is 64.0 cm³/mol. The van der Waals surface area contributed by atoms with Crippen molar-refractivity contribution in [3.8, 4) is 0 Å². The molecule has 1 atom stereocenters. The maximum Gasteiger partial charge on any atom is 0.107 e. The Morgan fingerprint density at radius 1 is 1.67 bits per heavy atom. The number of thiazole rings is 1. The highest BCUT2D eigenvalue weighted by atomic mass is 32.1. The van der Waals surface area contributed by atoms with Crippen molar-refractivity contribution in [3.63, 3.8) is 0 Å².